The van der Waals surface area contributed by atoms with Crippen LogP contribution in [-0.4, -0.2) is 38.6 Å². The molecule has 7 heteroatoms. The van der Waals surface area contributed by atoms with Gasteiger partial charge in [0.15, 0.2) is 17.5 Å². The highest BCUT2D eigenvalue weighted by Gasteiger charge is 2.41. The van der Waals surface area contributed by atoms with Gasteiger partial charge >= 0.3 is 0 Å². The highest BCUT2D eigenvalue weighted by molar-refractivity contribution is 14.1. The first-order valence-corrected chi connectivity index (χ1v) is 9.78. The number of quaternary nitrogens is 1. The second-order valence-corrected chi connectivity index (χ2v) is 7.56. The first-order chi connectivity index (χ1) is 13.0. The van der Waals surface area contributed by atoms with E-state index in [2.05, 4.69) is 22.6 Å². The molecule has 0 bridgehead atoms. The predicted molar refractivity (Wildman–Crippen MR) is 110 cm³/mol. The fourth-order valence-electron chi connectivity index (χ4n) is 3.19. The molecule has 27 heavy (non-hydrogen) atoms. The van der Waals surface area contributed by atoms with Crippen LogP contribution < -0.4 is 19.7 Å². The summed E-state index contributed by atoms with van der Waals surface area (Å²) in [6.45, 7) is 0.708. The van der Waals surface area contributed by atoms with Gasteiger partial charge < -0.3 is 14.8 Å². The van der Waals surface area contributed by atoms with Gasteiger partial charge in [0.1, 0.15) is 0 Å². The van der Waals surface area contributed by atoms with Gasteiger partial charge in [-0.3, -0.25) is 9.59 Å². The summed E-state index contributed by atoms with van der Waals surface area (Å²) >= 11 is 2.20. The van der Waals surface area contributed by atoms with Crippen molar-refractivity contribution in [3.63, 3.8) is 0 Å². The fraction of sp³-hybridized carbons (Fsp3) is 0.300. The molecule has 0 aromatic heterocycles. The van der Waals surface area contributed by atoms with Crippen molar-refractivity contribution in [3.05, 3.63) is 51.6 Å². The lowest BCUT2D eigenvalue weighted by Crippen LogP contribution is -2.92. The molecule has 0 radical (unpaired) electrons. The third-order valence-corrected chi connectivity index (χ3v) is 5.32. The van der Waals surface area contributed by atoms with Crippen molar-refractivity contribution in [1.29, 1.82) is 0 Å². The molecule has 2 aromatic carbocycles. The molecule has 0 unspecified atom stereocenters. The summed E-state index contributed by atoms with van der Waals surface area (Å²) in [5.41, 5.74) is 1.73. The number of anilines is 1. The van der Waals surface area contributed by atoms with Crippen LogP contribution in [0, 0.1) is 3.57 Å². The smallest absolute Gasteiger partial charge is 0.292 e. The molecule has 1 atom stereocenters. The van der Waals surface area contributed by atoms with Crippen molar-refractivity contribution >= 4 is 40.1 Å². The minimum Gasteiger partial charge on any atom is -0.493 e. The van der Waals surface area contributed by atoms with E-state index in [1.165, 1.54) is 4.90 Å². The van der Waals surface area contributed by atoms with Crippen LogP contribution in [0.25, 0.3) is 0 Å². The molecule has 1 fully saturated rings. The monoisotopic (exact) mass is 481 g/mol. The maximum atomic E-state index is 12.7. The number of hydrogen-bond donors (Lipinski definition) is 1. The van der Waals surface area contributed by atoms with Crippen molar-refractivity contribution in [2.24, 2.45) is 0 Å². The highest BCUT2D eigenvalue weighted by Crippen LogP contribution is 2.27. The number of amides is 2. The third kappa shape index (κ3) is 4.41. The van der Waals surface area contributed by atoms with E-state index < -0.39 is 0 Å². The van der Waals surface area contributed by atoms with Crippen LogP contribution in [0.1, 0.15) is 12.0 Å². The Kier molecular flexibility index (Phi) is 6.33. The molecule has 6 nitrogen and oxygen atoms in total. The fourth-order valence-corrected chi connectivity index (χ4v) is 3.55. The van der Waals surface area contributed by atoms with E-state index in [1.807, 2.05) is 47.8 Å². The van der Waals surface area contributed by atoms with E-state index in [1.54, 1.807) is 14.2 Å². The summed E-state index contributed by atoms with van der Waals surface area (Å²) < 4.78 is 11.6. The maximum Gasteiger partial charge on any atom is 0.292 e. The largest absolute Gasteiger partial charge is 0.493 e. The molecule has 2 N–H and O–H groups in total. The summed E-state index contributed by atoms with van der Waals surface area (Å²) in [4.78, 5) is 26.3. The van der Waals surface area contributed by atoms with E-state index in [0.29, 0.717) is 23.7 Å². The lowest BCUT2D eigenvalue weighted by atomic mass is 10.1. The summed E-state index contributed by atoms with van der Waals surface area (Å²) in [7, 11) is 3.21. The van der Waals surface area contributed by atoms with Crippen LogP contribution in [0.5, 0.6) is 11.5 Å². The van der Waals surface area contributed by atoms with Crippen molar-refractivity contribution in [1.82, 2.24) is 0 Å². The third-order valence-electron chi connectivity index (χ3n) is 4.60. The number of carbonyl (C=O) groups excluding carboxylic acids is 2. The number of hydrogen-bond acceptors (Lipinski definition) is 4. The van der Waals surface area contributed by atoms with Crippen molar-refractivity contribution in [2.45, 2.75) is 18.9 Å². The van der Waals surface area contributed by atoms with Crippen molar-refractivity contribution in [2.75, 3.05) is 25.7 Å². The number of rotatable bonds is 7. The topological polar surface area (TPSA) is 72.5 Å². The molecule has 1 saturated heterocycles. The average molecular weight is 481 g/mol. The molecule has 2 amide bonds. The Morgan fingerprint density at radius 3 is 2.44 bits per heavy atom. The Labute approximate surface area is 172 Å². The van der Waals surface area contributed by atoms with Gasteiger partial charge in [0.2, 0.25) is 5.91 Å². The molecular formula is C20H22IN2O4+. The summed E-state index contributed by atoms with van der Waals surface area (Å²) in [5, 5.41) is 1.95. The predicted octanol–water partition coefficient (Wildman–Crippen LogP) is 1.75. The van der Waals surface area contributed by atoms with Crippen LogP contribution in [0.2, 0.25) is 0 Å². The molecular weight excluding hydrogens is 459 g/mol. The quantitative estimate of drug-likeness (QED) is 0.484. The summed E-state index contributed by atoms with van der Waals surface area (Å²) in [6.07, 6.45) is 0.999. The molecule has 1 heterocycles. The molecule has 142 valence electrons. The minimum absolute atomic E-state index is 0.145. The van der Waals surface area contributed by atoms with Crippen LogP contribution in [0.15, 0.2) is 42.5 Å². The van der Waals surface area contributed by atoms with Gasteiger partial charge in [0.25, 0.3) is 5.91 Å². The lowest BCUT2D eigenvalue weighted by Gasteiger charge is -2.14. The van der Waals surface area contributed by atoms with Gasteiger partial charge in [0, 0.05) is 9.99 Å². The number of nitrogens with two attached hydrogens (primary N) is 1. The van der Waals surface area contributed by atoms with Crippen molar-refractivity contribution in [3.8, 4) is 11.5 Å². The lowest BCUT2D eigenvalue weighted by molar-refractivity contribution is -0.674. The number of methoxy groups -OCH3 is 2. The van der Waals surface area contributed by atoms with Crippen LogP contribution >= 0.6 is 22.6 Å². The Hall–Kier alpha value is -2.13. The molecule has 3 rings (SSSR count). The Balaban J connectivity index is 1.60. The Bertz CT molecular complexity index is 838. The van der Waals surface area contributed by atoms with E-state index >= 15 is 0 Å². The summed E-state index contributed by atoms with van der Waals surface area (Å²) in [6, 6.07) is 12.8. The van der Waals surface area contributed by atoms with Gasteiger partial charge in [-0.05, 0) is 64.6 Å². The second-order valence-electron chi connectivity index (χ2n) is 6.32. The molecule has 0 saturated carbocycles. The zero-order valence-electron chi connectivity index (χ0n) is 15.3. The maximum absolute atomic E-state index is 12.7. The van der Waals surface area contributed by atoms with Crippen molar-refractivity contribution < 1.29 is 24.4 Å². The SMILES string of the molecule is COc1ccc(CC[NH2+][C@H]2CC(=O)N(c3ccc(I)cc3)C2=O)cc1OC. The van der Waals surface area contributed by atoms with Gasteiger partial charge in [-0.25, -0.2) is 4.90 Å². The standard InChI is InChI=1S/C20H21IN2O4/c1-26-17-8-3-13(11-18(17)27-2)9-10-22-16-12-19(24)23(20(16)25)15-6-4-14(21)5-7-15/h3-8,11,16,22H,9-10,12H2,1-2H3/p+1/t16-/m0/s1. The Morgan fingerprint density at radius 1 is 1.07 bits per heavy atom. The molecule has 1 aliphatic rings. The zero-order valence-corrected chi connectivity index (χ0v) is 17.4. The van der Waals surface area contributed by atoms with Gasteiger partial charge in [-0.15, -0.1) is 0 Å². The number of halogens is 1. The first-order valence-electron chi connectivity index (χ1n) is 8.70. The molecule has 0 spiro atoms. The van der Waals surface area contributed by atoms with Gasteiger partial charge in [-0.1, -0.05) is 6.07 Å². The number of imide groups is 1. The van der Waals surface area contributed by atoms with Crippen LogP contribution in [0.4, 0.5) is 5.69 Å². The van der Waals surface area contributed by atoms with E-state index in [9.17, 15) is 9.59 Å². The highest BCUT2D eigenvalue weighted by atomic mass is 127. The van der Waals surface area contributed by atoms with Gasteiger partial charge in [0.05, 0.1) is 32.9 Å². The average Bonchev–Trinajstić information content (AvgIpc) is 2.96. The normalized spacial score (nSPS) is 16.7. The molecule has 0 aliphatic carbocycles. The zero-order chi connectivity index (χ0) is 19.4. The number of benzene rings is 2. The first kappa shape index (κ1) is 19.6. The number of nitrogens with zero attached hydrogens (tertiary/aromatic N) is 1. The number of ether oxygens (including phenoxy) is 2. The van der Waals surface area contributed by atoms with E-state index in [4.69, 9.17) is 9.47 Å². The van der Waals surface area contributed by atoms with Crippen LogP contribution in [-0.2, 0) is 16.0 Å². The van der Waals surface area contributed by atoms with E-state index in [0.717, 1.165) is 15.6 Å². The molecule has 2 aromatic rings. The number of carbonyl (C=O) groups is 2. The Morgan fingerprint density at radius 2 is 1.78 bits per heavy atom. The molecule has 1 aliphatic heterocycles. The van der Waals surface area contributed by atoms with Gasteiger partial charge in [-0.2, -0.15) is 0 Å². The second kappa shape index (κ2) is 8.71. The minimum atomic E-state index is -0.364. The van der Waals surface area contributed by atoms with E-state index in [-0.39, 0.29) is 24.3 Å². The summed E-state index contributed by atoms with van der Waals surface area (Å²) in [5.74, 6) is 1.09. The van der Waals surface area contributed by atoms with Crippen LogP contribution in [0.3, 0.4) is 0 Å².